The summed E-state index contributed by atoms with van der Waals surface area (Å²) in [5, 5.41) is 5.52. The van der Waals surface area contributed by atoms with Gasteiger partial charge in [-0.25, -0.2) is 4.68 Å². The molecular weight excluding hydrogens is 474 g/mol. The quantitative estimate of drug-likeness (QED) is 0.510. The molecule has 36 heavy (non-hydrogen) atoms. The topological polar surface area (TPSA) is 103 Å². The molecule has 0 unspecified atom stereocenters. The molecule has 0 saturated carbocycles. The lowest BCUT2D eigenvalue weighted by Crippen LogP contribution is -2.40. The lowest BCUT2D eigenvalue weighted by molar-refractivity contribution is -0.123. The monoisotopic (exact) mass is 501 g/mol. The van der Waals surface area contributed by atoms with Crippen LogP contribution in [0.3, 0.4) is 0 Å². The summed E-state index contributed by atoms with van der Waals surface area (Å²) >= 11 is 1.36. The van der Waals surface area contributed by atoms with Crippen LogP contribution in [0.25, 0.3) is 23.0 Å². The third kappa shape index (κ3) is 5.06. The molecule has 2 amide bonds. The highest BCUT2D eigenvalue weighted by Crippen LogP contribution is 2.34. The third-order valence-electron chi connectivity index (χ3n) is 6.27. The molecule has 2 N–H and O–H groups in total. The highest BCUT2D eigenvalue weighted by atomic mass is 32.2. The van der Waals surface area contributed by atoms with E-state index in [1.54, 1.807) is 0 Å². The fourth-order valence-corrected chi connectivity index (χ4v) is 5.29. The second-order valence-corrected chi connectivity index (χ2v) is 9.65. The number of carbonyl (C=O) groups excluding carboxylic acids is 2. The number of amidine groups is 1. The van der Waals surface area contributed by atoms with Gasteiger partial charge in [-0.2, -0.15) is 10.1 Å². The number of primary amides is 1. The molecule has 1 aromatic heterocycles. The van der Waals surface area contributed by atoms with E-state index in [2.05, 4.69) is 9.89 Å². The summed E-state index contributed by atoms with van der Waals surface area (Å²) in [7, 11) is 0. The molecule has 9 heteroatoms. The van der Waals surface area contributed by atoms with E-state index in [9.17, 15) is 9.59 Å². The van der Waals surface area contributed by atoms with Crippen molar-refractivity contribution in [1.82, 2.24) is 14.7 Å². The number of para-hydroxylation sites is 1. The number of thioether (sulfide) groups is 1. The van der Waals surface area contributed by atoms with Crippen molar-refractivity contribution in [3.05, 3.63) is 71.3 Å². The van der Waals surface area contributed by atoms with E-state index < -0.39 is 0 Å². The minimum absolute atomic E-state index is 0.112. The molecule has 0 bridgehead atoms. The maximum atomic E-state index is 12.8. The van der Waals surface area contributed by atoms with Crippen LogP contribution in [0.2, 0.25) is 0 Å². The Labute approximate surface area is 213 Å². The van der Waals surface area contributed by atoms with Crippen LogP contribution in [-0.2, 0) is 9.59 Å². The normalized spacial score (nSPS) is 17.5. The van der Waals surface area contributed by atoms with E-state index in [-0.39, 0.29) is 17.7 Å². The van der Waals surface area contributed by atoms with Gasteiger partial charge in [0.1, 0.15) is 5.75 Å². The van der Waals surface area contributed by atoms with Gasteiger partial charge in [0.15, 0.2) is 5.17 Å². The zero-order valence-corrected chi connectivity index (χ0v) is 20.8. The van der Waals surface area contributed by atoms with Gasteiger partial charge < -0.3 is 15.4 Å². The van der Waals surface area contributed by atoms with Gasteiger partial charge >= 0.3 is 0 Å². The minimum Gasteiger partial charge on any atom is -0.494 e. The molecule has 2 aromatic carbocycles. The van der Waals surface area contributed by atoms with Crippen molar-refractivity contribution in [2.24, 2.45) is 16.6 Å². The van der Waals surface area contributed by atoms with E-state index in [1.165, 1.54) is 11.8 Å². The zero-order chi connectivity index (χ0) is 25.1. The molecule has 2 aliphatic heterocycles. The number of hydrogen-bond acceptors (Lipinski definition) is 6. The Balaban J connectivity index is 1.43. The highest BCUT2D eigenvalue weighted by Gasteiger charge is 2.31. The number of aromatic nitrogens is 2. The van der Waals surface area contributed by atoms with Crippen LogP contribution >= 0.6 is 11.8 Å². The lowest BCUT2D eigenvalue weighted by atomic mass is 9.97. The summed E-state index contributed by atoms with van der Waals surface area (Å²) in [5.41, 5.74) is 8.89. The lowest BCUT2D eigenvalue weighted by Gasteiger charge is -2.31. The first-order valence-electron chi connectivity index (χ1n) is 12.0. The zero-order valence-electron chi connectivity index (χ0n) is 20.0. The van der Waals surface area contributed by atoms with Crippen molar-refractivity contribution in [2.75, 3.05) is 19.7 Å². The Hall–Kier alpha value is -3.85. The summed E-state index contributed by atoms with van der Waals surface area (Å²) in [5.74, 6) is 0.157. The SMILES string of the molecule is CCOc1ccc(-c2nn(-c3ccccc3)cc2C=C2SC(N3CCC(C(N)=O)CC3)=NC2=O)cc1. The molecule has 5 rings (SSSR count). The van der Waals surface area contributed by atoms with E-state index in [0.717, 1.165) is 28.3 Å². The number of ether oxygens (including phenoxy) is 1. The first-order chi connectivity index (χ1) is 17.5. The van der Waals surface area contributed by atoms with Gasteiger partial charge in [-0.3, -0.25) is 9.59 Å². The average molecular weight is 502 g/mol. The van der Waals surface area contributed by atoms with Crippen LogP contribution in [0.15, 0.2) is 70.7 Å². The smallest absolute Gasteiger partial charge is 0.286 e. The average Bonchev–Trinajstić information content (AvgIpc) is 3.49. The summed E-state index contributed by atoms with van der Waals surface area (Å²) in [6, 6.07) is 17.6. The maximum Gasteiger partial charge on any atom is 0.286 e. The van der Waals surface area contributed by atoms with Crippen LogP contribution in [0.5, 0.6) is 5.75 Å². The summed E-state index contributed by atoms with van der Waals surface area (Å²) in [6.45, 7) is 3.86. The molecule has 8 nitrogen and oxygen atoms in total. The number of amides is 2. The third-order valence-corrected chi connectivity index (χ3v) is 7.31. The summed E-state index contributed by atoms with van der Waals surface area (Å²) in [6.07, 6.45) is 5.14. The van der Waals surface area contributed by atoms with Gasteiger partial charge in [-0.15, -0.1) is 0 Å². The van der Waals surface area contributed by atoms with Crippen LogP contribution in [0, 0.1) is 5.92 Å². The Bertz CT molecular complexity index is 1320. The largest absolute Gasteiger partial charge is 0.494 e. The molecule has 3 heterocycles. The maximum absolute atomic E-state index is 12.8. The molecular formula is C27H27N5O3S. The molecule has 1 fully saturated rings. The first-order valence-corrected chi connectivity index (χ1v) is 12.8. The summed E-state index contributed by atoms with van der Waals surface area (Å²) < 4.78 is 7.40. The van der Waals surface area contributed by atoms with Crippen LogP contribution in [0.1, 0.15) is 25.3 Å². The van der Waals surface area contributed by atoms with Crippen molar-refractivity contribution >= 4 is 34.8 Å². The number of benzene rings is 2. The highest BCUT2D eigenvalue weighted by molar-refractivity contribution is 8.18. The van der Waals surface area contributed by atoms with Gasteiger partial charge in [0.05, 0.1) is 22.9 Å². The second-order valence-electron chi connectivity index (χ2n) is 8.64. The Morgan fingerprint density at radius 3 is 2.53 bits per heavy atom. The predicted octanol–water partition coefficient (Wildman–Crippen LogP) is 4.11. The van der Waals surface area contributed by atoms with Crippen molar-refractivity contribution in [3.8, 4) is 22.7 Å². The van der Waals surface area contributed by atoms with Gasteiger partial charge in [0.25, 0.3) is 5.91 Å². The Morgan fingerprint density at radius 2 is 1.86 bits per heavy atom. The molecule has 3 aromatic rings. The second kappa shape index (κ2) is 10.4. The Morgan fingerprint density at radius 1 is 1.14 bits per heavy atom. The van der Waals surface area contributed by atoms with Gasteiger partial charge in [-0.1, -0.05) is 18.2 Å². The van der Waals surface area contributed by atoms with Crippen LogP contribution < -0.4 is 10.5 Å². The van der Waals surface area contributed by atoms with Crippen molar-refractivity contribution < 1.29 is 14.3 Å². The molecule has 0 atom stereocenters. The van der Waals surface area contributed by atoms with Crippen molar-refractivity contribution in [3.63, 3.8) is 0 Å². The van der Waals surface area contributed by atoms with Gasteiger partial charge in [0.2, 0.25) is 5.91 Å². The Kier molecular flexibility index (Phi) is 6.90. The van der Waals surface area contributed by atoms with E-state index in [1.807, 2.05) is 78.5 Å². The molecule has 0 spiro atoms. The first kappa shape index (κ1) is 23.9. The molecule has 184 valence electrons. The fraction of sp³-hybridized carbons (Fsp3) is 0.259. The molecule has 1 saturated heterocycles. The van der Waals surface area contributed by atoms with Crippen molar-refractivity contribution in [1.29, 1.82) is 0 Å². The minimum atomic E-state index is -0.267. The number of likely N-dealkylation sites (tertiary alicyclic amines) is 1. The molecule has 2 aliphatic rings. The van der Waals surface area contributed by atoms with E-state index in [4.69, 9.17) is 15.6 Å². The number of hydrogen-bond donors (Lipinski definition) is 1. The molecule has 0 radical (unpaired) electrons. The fourth-order valence-electron chi connectivity index (χ4n) is 4.34. The van der Waals surface area contributed by atoms with Crippen LogP contribution in [0.4, 0.5) is 0 Å². The number of piperidine rings is 1. The number of carbonyl (C=O) groups is 2. The van der Waals surface area contributed by atoms with Crippen LogP contribution in [-0.4, -0.2) is 51.4 Å². The van der Waals surface area contributed by atoms with E-state index >= 15 is 0 Å². The number of aliphatic imine (C=N–C) groups is 1. The predicted molar refractivity (Wildman–Crippen MR) is 142 cm³/mol. The van der Waals surface area contributed by atoms with Gasteiger partial charge in [-0.05, 0) is 74.0 Å². The van der Waals surface area contributed by atoms with E-state index in [0.29, 0.717) is 42.6 Å². The molecule has 0 aliphatic carbocycles. The summed E-state index contributed by atoms with van der Waals surface area (Å²) in [4.78, 5) is 31.2. The number of rotatable bonds is 6. The number of nitrogens with zero attached hydrogens (tertiary/aromatic N) is 4. The number of nitrogens with two attached hydrogens (primary N) is 1. The van der Waals surface area contributed by atoms with Gasteiger partial charge in [0, 0.05) is 36.3 Å². The van der Waals surface area contributed by atoms with Crippen molar-refractivity contribution in [2.45, 2.75) is 19.8 Å². The standard InChI is InChI=1S/C27H27N5O3S/c1-2-35-22-10-8-18(9-11-22)24-20(17-32(30-24)21-6-4-3-5-7-21)16-23-26(34)29-27(36-23)31-14-12-19(13-15-31)25(28)33/h3-11,16-17,19H,2,12-15H2,1H3,(H2,28,33).